The number of carbonyl (C=O) groups excluding carboxylic acids is 1. The third kappa shape index (κ3) is 3.29. The Labute approximate surface area is 120 Å². The van der Waals surface area contributed by atoms with Crippen molar-refractivity contribution in [1.29, 1.82) is 0 Å². The van der Waals surface area contributed by atoms with Gasteiger partial charge in [-0.25, -0.2) is 0 Å². The highest BCUT2D eigenvalue weighted by Gasteiger charge is 2.18. The van der Waals surface area contributed by atoms with Crippen molar-refractivity contribution in [2.24, 2.45) is 0 Å². The Balaban J connectivity index is 2.09. The maximum atomic E-state index is 12.1. The quantitative estimate of drug-likeness (QED) is 0.833. The predicted octanol–water partition coefficient (Wildman–Crippen LogP) is 3.48. The van der Waals surface area contributed by atoms with Gasteiger partial charge < -0.3 is 9.64 Å². The molecule has 0 N–H and O–H groups in total. The lowest BCUT2D eigenvalue weighted by Crippen LogP contribution is -2.38. The summed E-state index contributed by atoms with van der Waals surface area (Å²) in [6, 6.07) is 14.0. The van der Waals surface area contributed by atoms with Crippen LogP contribution in [0.5, 0.6) is 5.75 Å². The van der Waals surface area contributed by atoms with Crippen LogP contribution in [0.25, 0.3) is 10.8 Å². The van der Waals surface area contributed by atoms with Crippen molar-refractivity contribution in [2.45, 2.75) is 26.4 Å². The largest absolute Gasteiger partial charge is 0.481 e. The van der Waals surface area contributed by atoms with Crippen LogP contribution in [0, 0.1) is 0 Å². The summed E-state index contributed by atoms with van der Waals surface area (Å²) in [6.07, 6.45) is 0.484. The Bertz CT molecular complexity index is 594. The molecule has 3 nitrogen and oxygen atoms in total. The lowest BCUT2D eigenvalue weighted by molar-refractivity contribution is -0.136. The Hall–Kier alpha value is -2.03. The number of rotatable bonds is 5. The number of fused-ring (bicyclic) bond motifs is 1. The van der Waals surface area contributed by atoms with E-state index in [1.807, 2.05) is 43.4 Å². The molecule has 0 saturated heterocycles. The zero-order valence-electron chi connectivity index (χ0n) is 12.3. The van der Waals surface area contributed by atoms with Crippen molar-refractivity contribution in [3.05, 3.63) is 42.5 Å². The summed E-state index contributed by atoms with van der Waals surface area (Å²) >= 11 is 0. The lowest BCUT2D eigenvalue weighted by Gasteiger charge is -2.21. The lowest BCUT2D eigenvalue weighted by atomic mass is 10.1. The smallest absolute Gasteiger partial charge is 0.263 e. The van der Waals surface area contributed by atoms with E-state index in [0.29, 0.717) is 0 Å². The average Bonchev–Trinajstić information content (AvgIpc) is 2.46. The average molecular weight is 271 g/mol. The second-order valence-corrected chi connectivity index (χ2v) is 5.03. The minimum Gasteiger partial charge on any atom is -0.481 e. The Morgan fingerprint density at radius 1 is 1.20 bits per heavy atom. The highest BCUT2D eigenvalue weighted by Crippen LogP contribution is 2.21. The van der Waals surface area contributed by atoms with E-state index in [1.165, 1.54) is 5.39 Å². The number of benzene rings is 2. The molecule has 3 heteroatoms. The molecule has 0 heterocycles. The maximum absolute atomic E-state index is 12.1. The number of ether oxygens (including phenoxy) is 1. The van der Waals surface area contributed by atoms with Gasteiger partial charge in [-0.2, -0.15) is 0 Å². The molecule has 1 unspecified atom stereocenters. The monoisotopic (exact) mass is 271 g/mol. The number of likely N-dealkylation sites (N-methyl/N-ethyl adjacent to an activating group) is 1. The third-order valence-electron chi connectivity index (χ3n) is 3.32. The Morgan fingerprint density at radius 2 is 1.90 bits per heavy atom. The number of nitrogens with zero attached hydrogens (tertiary/aromatic N) is 1. The molecule has 1 amide bonds. The fraction of sp³-hybridized carbons (Fsp3) is 0.353. The molecule has 0 fully saturated rings. The molecule has 2 aromatic rings. The van der Waals surface area contributed by atoms with E-state index in [2.05, 4.69) is 13.0 Å². The van der Waals surface area contributed by atoms with Crippen LogP contribution < -0.4 is 4.74 Å². The van der Waals surface area contributed by atoms with Gasteiger partial charge >= 0.3 is 0 Å². The van der Waals surface area contributed by atoms with Crippen LogP contribution in [0.4, 0.5) is 0 Å². The molecule has 0 aliphatic rings. The highest BCUT2D eigenvalue weighted by atomic mass is 16.5. The number of carbonyl (C=O) groups is 1. The normalized spacial score (nSPS) is 12.2. The predicted molar refractivity (Wildman–Crippen MR) is 82.0 cm³/mol. The van der Waals surface area contributed by atoms with Crippen molar-refractivity contribution in [3.8, 4) is 5.75 Å². The number of amides is 1. The van der Waals surface area contributed by atoms with E-state index < -0.39 is 6.10 Å². The molecule has 0 aliphatic carbocycles. The standard InChI is InChI=1S/C17H21NO2/c1-4-11-18(3)17(19)13(2)20-16-10-9-14-7-5-6-8-15(14)12-16/h5-10,12-13H,4,11H2,1-3H3. The second-order valence-electron chi connectivity index (χ2n) is 5.03. The number of hydrogen-bond donors (Lipinski definition) is 0. The minimum atomic E-state index is -0.465. The van der Waals surface area contributed by atoms with Gasteiger partial charge in [-0.3, -0.25) is 4.79 Å². The molecule has 1 atom stereocenters. The summed E-state index contributed by atoms with van der Waals surface area (Å²) < 4.78 is 5.76. The zero-order chi connectivity index (χ0) is 14.5. The van der Waals surface area contributed by atoms with E-state index in [1.54, 1.807) is 11.8 Å². The van der Waals surface area contributed by atoms with E-state index in [0.717, 1.165) is 24.1 Å². The van der Waals surface area contributed by atoms with Crippen molar-refractivity contribution in [2.75, 3.05) is 13.6 Å². The molecule has 0 aromatic heterocycles. The summed E-state index contributed by atoms with van der Waals surface area (Å²) in [6.45, 7) is 4.60. The summed E-state index contributed by atoms with van der Waals surface area (Å²) in [7, 11) is 1.81. The molecular formula is C17H21NO2. The van der Waals surface area contributed by atoms with E-state index in [4.69, 9.17) is 4.74 Å². The van der Waals surface area contributed by atoms with E-state index in [9.17, 15) is 4.79 Å². The van der Waals surface area contributed by atoms with Crippen LogP contribution in [0.3, 0.4) is 0 Å². The molecule has 106 valence electrons. The summed E-state index contributed by atoms with van der Waals surface area (Å²) in [5.41, 5.74) is 0. The van der Waals surface area contributed by atoms with Crippen LogP contribution in [-0.4, -0.2) is 30.5 Å². The van der Waals surface area contributed by atoms with Crippen molar-refractivity contribution < 1.29 is 9.53 Å². The third-order valence-corrected chi connectivity index (χ3v) is 3.32. The molecule has 0 spiro atoms. The highest BCUT2D eigenvalue weighted by molar-refractivity contribution is 5.84. The van der Waals surface area contributed by atoms with Crippen LogP contribution >= 0.6 is 0 Å². The molecule has 0 saturated carbocycles. The van der Waals surface area contributed by atoms with Crippen molar-refractivity contribution >= 4 is 16.7 Å². The summed E-state index contributed by atoms with van der Waals surface area (Å²) in [5, 5.41) is 2.29. The van der Waals surface area contributed by atoms with Gasteiger partial charge in [0.2, 0.25) is 0 Å². The van der Waals surface area contributed by atoms with Gasteiger partial charge in [0, 0.05) is 13.6 Å². The van der Waals surface area contributed by atoms with Gasteiger partial charge in [0.1, 0.15) is 5.75 Å². The van der Waals surface area contributed by atoms with Gasteiger partial charge in [-0.1, -0.05) is 37.3 Å². The summed E-state index contributed by atoms with van der Waals surface area (Å²) in [4.78, 5) is 13.8. The Kier molecular flexibility index (Phi) is 4.61. The molecule has 0 radical (unpaired) electrons. The van der Waals surface area contributed by atoms with E-state index in [-0.39, 0.29) is 5.91 Å². The second kappa shape index (κ2) is 6.42. The van der Waals surface area contributed by atoms with Crippen molar-refractivity contribution in [3.63, 3.8) is 0 Å². The zero-order valence-corrected chi connectivity index (χ0v) is 12.3. The molecule has 2 rings (SSSR count). The molecule has 0 aliphatic heterocycles. The first-order chi connectivity index (χ1) is 9.61. The van der Waals surface area contributed by atoms with Gasteiger partial charge in [-0.05, 0) is 36.2 Å². The molecular weight excluding hydrogens is 250 g/mol. The van der Waals surface area contributed by atoms with E-state index >= 15 is 0 Å². The van der Waals surface area contributed by atoms with Gasteiger partial charge in [0.25, 0.3) is 5.91 Å². The van der Waals surface area contributed by atoms with Crippen molar-refractivity contribution in [1.82, 2.24) is 4.90 Å². The first-order valence-electron chi connectivity index (χ1n) is 7.02. The van der Waals surface area contributed by atoms with Crippen LogP contribution in [-0.2, 0) is 4.79 Å². The van der Waals surface area contributed by atoms with Gasteiger partial charge in [-0.15, -0.1) is 0 Å². The van der Waals surface area contributed by atoms with Gasteiger partial charge in [0.05, 0.1) is 0 Å². The molecule has 20 heavy (non-hydrogen) atoms. The minimum absolute atomic E-state index is 0.0139. The Morgan fingerprint density at radius 3 is 2.60 bits per heavy atom. The topological polar surface area (TPSA) is 29.5 Å². The SMILES string of the molecule is CCCN(C)C(=O)C(C)Oc1ccc2ccccc2c1. The number of hydrogen-bond acceptors (Lipinski definition) is 2. The van der Waals surface area contributed by atoms with Crippen LogP contribution in [0.2, 0.25) is 0 Å². The van der Waals surface area contributed by atoms with Crippen LogP contribution in [0.1, 0.15) is 20.3 Å². The van der Waals surface area contributed by atoms with Gasteiger partial charge in [0.15, 0.2) is 6.10 Å². The molecule has 0 bridgehead atoms. The summed E-state index contributed by atoms with van der Waals surface area (Å²) in [5.74, 6) is 0.745. The first-order valence-corrected chi connectivity index (χ1v) is 7.02. The van der Waals surface area contributed by atoms with Crippen LogP contribution in [0.15, 0.2) is 42.5 Å². The fourth-order valence-electron chi connectivity index (χ4n) is 2.25. The fourth-order valence-corrected chi connectivity index (χ4v) is 2.25. The first kappa shape index (κ1) is 14.4. The molecule has 2 aromatic carbocycles. The maximum Gasteiger partial charge on any atom is 0.263 e.